The minimum Gasteiger partial charge on any atom is -0.507 e. The second kappa shape index (κ2) is 8.23. The molecule has 0 amide bonds. The van der Waals surface area contributed by atoms with Gasteiger partial charge in [-0.25, -0.2) is 0 Å². The van der Waals surface area contributed by atoms with E-state index in [1.54, 1.807) is 6.92 Å². The van der Waals surface area contributed by atoms with Gasteiger partial charge in [-0.05, 0) is 58.0 Å². The first kappa shape index (κ1) is 20.6. The van der Waals surface area contributed by atoms with E-state index in [9.17, 15) is 19.7 Å². The van der Waals surface area contributed by atoms with Crippen LogP contribution in [-0.4, -0.2) is 54.2 Å². The highest BCUT2D eigenvalue weighted by Gasteiger charge is 2.37. The van der Waals surface area contributed by atoms with Crippen molar-refractivity contribution in [2.24, 2.45) is 10.4 Å². The molecular formula is C21H26N4O5. The van der Waals surface area contributed by atoms with Gasteiger partial charge in [0.2, 0.25) is 0 Å². The van der Waals surface area contributed by atoms with Crippen LogP contribution in [0.2, 0.25) is 0 Å². The summed E-state index contributed by atoms with van der Waals surface area (Å²) in [4.78, 5) is 40.7. The van der Waals surface area contributed by atoms with Crippen molar-refractivity contribution in [2.45, 2.75) is 44.7 Å². The molecule has 0 radical (unpaired) electrons. The van der Waals surface area contributed by atoms with Crippen LogP contribution in [0.25, 0.3) is 11.0 Å². The first-order chi connectivity index (χ1) is 14.4. The molecule has 3 heterocycles. The quantitative estimate of drug-likeness (QED) is 0.746. The van der Waals surface area contributed by atoms with Gasteiger partial charge in [0.05, 0.1) is 0 Å². The molecule has 2 aliphatic rings. The Labute approximate surface area is 173 Å². The van der Waals surface area contributed by atoms with Crippen molar-refractivity contribution in [1.29, 1.82) is 0 Å². The Balaban J connectivity index is 2.00. The Hall–Kier alpha value is -2.65. The molecule has 2 atom stereocenters. The Morgan fingerprint density at radius 1 is 1.23 bits per heavy atom. The predicted octanol–water partition coefficient (Wildman–Crippen LogP) is 3.35. The molecule has 2 unspecified atom stereocenters. The summed E-state index contributed by atoms with van der Waals surface area (Å²) >= 11 is 0. The summed E-state index contributed by atoms with van der Waals surface area (Å²) in [6.45, 7) is 4.79. The van der Waals surface area contributed by atoms with Gasteiger partial charge in [0.1, 0.15) is 34.2 Å². The van der Waals surface area contributed by atoms with Crippen LogP contribution in [0.15, 0.2) is 25.6 Å². The fraction of sp³-hybridized carbons (Fsp3) is 0.571. The number of rotatable bonds is 5. The van der Waals surface area contributed by atoms with Gasteiger partial charge < -0.3 is 14.4 Å². The van der Waals surface area contributed by atoms with Crippen LogP contribution in [0.3, 0.4) is 0 Å². The van der Waals surface area contributed by atoms with Crippen molar-refractivity contribution in [2.75, 3.05) is 33.2 Å². The average molecular weight is 414 g/mol. The lowest BCUT2D eigenvalue weighted by Crippen LogP contribution is -2.39. The molecule has 1 N–H and O–H groups in total. The van der Waals surface area contributed by atoms with Gasteiger partial charge in [-0.1, -0.05) is 5.18 Å². The lowest BCUT2D eigenvalue weighted by molar-refractivity contribution is 0.228. The number of hydrogen-bond donors (Lipinski definition) is 1. The Morgan fingerprint density at radius 3 is 2.63 bits per heavy atom. The fourth-order valence-electron chi connectivity index (χ4n) is 4.85. The highest BCUT2D eigenvalue weighted by atomic mass is 16.3. The minimum absolute atomic E-state index is 0.0424. The molecule has 30 heavy (non-hydrogen) atoms. The standard InChI is InChI=1S/C21H26N4O5/c1-12-9-16(26)18-20(27)14(10-25-6-3-4-7-25)19(23-29)17(21(18)30-12)13-5-8-24(2)11-15(13)22-28/h9,13,15,27H,3-8,10-11H2,1-2H3. The molecule has 1 aromatic heterocycles. The van der Waals surface area contributed by atoms with Crippen molar-refractivity contribution < 1.29 is 9.52 Å². The van der Waals surface area contributed by atoms with Crippen LogP contribution >= 0.6 is 0 Å². The second-order valence-electron chi connectivity index (χ2n) is 8.42. The van der Waals surface area contributed by atoms with E-state index >= 15 is 0 Å². The maximum atomic E-state index is 12.8. The number of aromatic hydroxyl groups is 1. The van der Waals surface area contributed by atoms with Crippen LogP contribution in [0, 0.1) is 16.7 Å². The van der Waals surface area contributed by atoms with Crippen LogP contribution in [0.1, 0.15) is 42.1 Å². The number of aryl methyl sites for hydroxylation is 1. The third-order valence-corrected chi connectivity index (χ3v) is 6.34. The normalized spacial score (nSPS) is 23.1. The van der Waals surface area contributed by atoms with Gasteiger partial charge in [-0.15, -0.1) is 4.91 Å². The Morgan fingerprint density at radius 2 is 1.97 bits per heavy atom. The zero-order valence-corrected chi connectivity index (χ0v) is 17.3. The van der Waals surface area contributed by atoms with Crippen LogP contribution in [0.4, 0.5) is 5.69 Å². The number of benzene rings is 1. The first-order valence-corrected chi connectivity index (χ1v) is 10.3. The van der Waals surface area contributed by atoms with E-state index in [0.29, 0.717) is 42.9 Å². The molecule has 0 saturated carbocycles. The maximum Gasteiger partial charge on any atom is 0.196 e. The van der Waals surface area contributed by atoms with Crippen LogP contribution < -0.4 is 5.43 Å². The number of hydrogen-bond acceptors (Lipinski definition) is 9. The summed E-state index contributed by atoms with van der Waals surface area (Å²) in [7, 11) is 1.91. The molecular weight excluding hydrogens is 388 g/mol. The van der Waals surface area contributed by atoms with Crippen molar-refractivity contribution >= 4 is 16.7 Å². The highest BCUT2D eigenvalue weighted by Crippen LogP contribution is 2.46. The monoisotopic (exact) mass is 414 g/mol. The molecule has 2 aliphatic heterocycles. The molecule has 2 fully saturated rings. The summed E-state index contributed by atoms with van der Waals surface area (Å²) in [5.41, 5.74) is 0.583. The largest absolute Gasteiger partial charge is 0.507 e. The molecule has 0 bridgehead atoms. The van der Waals surface area contributed by atoms with E-state index in [4.69, 9.17) is 4.42 Å². The van der Waals surface area contributed by atoms with Crippen molar-refractivity contribution in [3.63, 3.8) is 0 Å². The molecule has 4 rings (SSSR count). The topological polar surface area (TPSA) is 116 Å². The number of likely N-dealkylation sites (tertiary alicyclic amines) is 2. The molecule has 9 heteroatoms. The zero-order valence-electron chi connectivity index (χ0n) is 17.3. The average Bonchev–Trinajstić information content (AvgIpc) is 3.22. The smallest absolute Gasteiger partial charge is 0.196 e. The van der Waals surface area contributed by atoms with Crippen LogP contribution in [-0.2, 0) is 6.54 Å². The zero-order chi connectivity index (χ0) is 21.4. The van der Waals surface area contributed by atoms with E-state index in [0.717, 1.165) is 25.9 Å². The third-order valence-electron chi connectivity index (χ3n) is 6.34. The number of piperidine rings is 1. The van der Waals surface area contributed by atoms with Gasteiger partial charge >= 0.3 is 0 Å². The molecule has 1 aromatic carbocycles. The number of nitrogens with zero attached hydrogens (tertiary/aromatic N) is 4. The molecule has 2 saturated heterocycles. The fourth-order valence-corrected chi connectivity index (χ4v) is 4.85. The van der Waals surface area contributed by atoms with Gasteiger partial charge in [0.15, 0.2) is 5.43 Å². The van der Waals surface area contributed by atoms with Gasteiger partial charge in [-0.2, -0.15) is 4.91 Å². The van der Waals surface area contributed by atoms with Gasteiger partial charge in [0, 0.05) is 36.2 Å². The summed E-state index contributed by atoms with van der Waals surface area (Å²) in [5, 5.41) is 17.6. The lowest BCUT2D eigenvalue weighted by Gasteiger charge is -2.34. The molecule has 0 spiro atoms. The predicted molar refractivity (Wildman–Crippen MR) is 113 cm³/mol. The Kier molecular flexibility index (Phi) is 5.66. The number of phenolic OH excluding ortho intramolecular Hbond substituents is 1. The number of likely N-dealkylation sites (N-methyl/N-ethyl adjacent to an activating group) is 1. The first-order valence-electron chi connectivity index (χ1n) is 10.3. The molecule has 9 nitrogen and oxygen atoms in total. The number of fused-ring (bicyclic) bond motifs is 1. The van der Waals surface area contributed by atoms with E-state index in [1.807, 2.05) is 11.9 Å². The van der Waals surface area contributed by atoms with Crippen LogP contribution in [0.5, 0.6) is 5.75 Å². The van der Waals surface area contributed by atoms with Crippen molar-refractivity contribution in [3.05, 3.63) is 43.0 Å². The van der Waals surface area contributed by atoms with Gasteiger partial charge in [0.25, 0.3) is 0 Å². The lowest BCUT2D eigenvalue weighted by atomic mass is 9.82. The molecule has 0 aliphatic carbocycles. The van der Waals surface area contributed by atoms with E-state index in [2.05, 4.69) is 15.3 Å². The summed E-state index contributed by atoms with van der Waals surface area (Å²) < 4.78 is 5.87. The summed E-state index contributed by atoms with van der Waals surface area (Å²) in [5.74, 6) is -0.315. The van der Waals surface area contributed by atoms with Gasteiger partial charge in [-0.3, -0.25) is 9.69 Å². The van der Waals surface area contributed by atoms with E-state index < -0.39 is 12.0 Å². The Bertz CT molecular complexity index is 1040. The SMILES string of the molecule is Cc1cc(=O)c2c(O)c(CN3CCCC3)c(N=O)c(C3CCN(C)CC3N=O)c2o1. The van der Waals surface area contributed by atoms with E-state index in [1.165, 1.54) is 6.07 Å². The maximum absolute atomic E-state index is 12.8. The third kappa shape index (κ3) is 3.52. The van der Waals surface area contributed by atoms with Crippen molar-refractivity contribution in [1.82, 2.24) is 9.80 Å². The number of phenols is 1. The van der Waals surface area contributed by atoms with Crippen molar-refractivity contribution in [3.8, 4) is 5.75 Å². The molecule has 160 valence electrons. The second-order valence-corrected chi connectivity index (χ2v) is 8.42. The number of nitroso groups, excluding NO2 is 2. The summed E-state index contributed by atoms with van der Waals surface area (Å²) in [6, 6.07) is 0.714. The molecule has 2 aromatic rings. The minimum atomic E-state index is -0.609. The summed E-state index contributed by atoms with van der Waals surface area (Å²) in [6.07, 6.45) is 2.65. The highest BCUT2D eigenvalue weighted by molar-refractivity contribution is 5.93. The van der Waals surface area contributed by atoms with E-state index in [-0.39, 0.29) is 27.8 Å².